The average molecular weight is 222 g/mol. The van der Waals surface area contributed by atoms with Crippen molar-refractivity contribution in [2.45, 2.75) is 39.2 Å². The van der Waals surface area contributed by atoms with Crippen LogP contribution >= 0.6 is 0 Å². The van der Waals surface area contributed by atoms with E-state index < -0.39 is 0 Å². The van der Waals surface area contributed by atoms with Crippen LogP contribution in [0.1, 0.15) is 33.1 Å². The van der Waals surface area contributed by atoms with Crippen molar-refractivity contribution in [1.29, 1.82) is 0 Å². The Labute approximate surface area is 97.2 Å². The highest BCUT2D eigenvalue weighted by atomic mass is 15.3. The van der Waals surface area contributed by atoms with Gasteiger partial charge >= 0.3 is 0 Å². The molecule has 0 radical (unpaired) electrons. The van der Waals surface area contributed by atoms with E-state index in [0.717, 1.165) is 23.3 Å². The van der Waals surface area contributed by atoms with Gasteiger partial charge < -0.3 is 11.1 Å². The summed E-state index contributed by atoms with van der Waals surface area (Å²) in [6.45, 7) is 4.68. The molecule has 1 aliphatic carbocycles. The van der Waals surface area contributed by atoms with E-state index in [1.54, 1.807) is 4.68 Å². The summed E-state index contributed by atoms with van der Waals surface area (Å²) in [5.74, 6) is 2.48. The Morgan fingerprint density at radius 2 is 2.12 bits per heavy atom. The maximum atomic E-state index is 5.87. The number of aromatic nitrogens is 2. The Morgan fingerprint density at radius 3 is 2.69 bits per heavy atom. The van der Waals surface area contributed by atoms with Crippen molar-refractivity contribution in [2.75, 3.05) is 11.1 Å². The molecule has 1 saturated carbocycles. The van der Waals surface area contributed by atoms with Gasteiger partial charge in [0.15, 0.2) is 5.82 Å². The van der Waals surface area contributed by atoms with Gasteiger partial charge in [0.1, 0.15) is 0 Å². The smallest absolute Gasteiger partial charge is 0.171 e. The Hall–Kier alpha value is -1.19. The third-order valence-electron chi connectivity index (χ3n) is 3.80. The molecule has 3 N–H and O–H groups in total. The fraction of sp³-hybridized carbons (Fsp3) is 0.750. The summed E-state index contributed by atoms with van der Waals surface area (Å²) in [7, 11) is 1.90. The molecule has 3 atom stereocenters. The van der Waals surface area contributed by atoms with Crippen molar-refractivity contribution in [3.63, 3.8) is 0 Å². The molecule has 16 heavy (non-hydrogen) atoms. The molecule has 1 aromatic heterocycles. The van der Waals surface area contributed by atoms with Gasteiger partial charge in [-0.1, -0.05) is 13.8 Å². The summed E-state index contributed by atoms with van der Waals surface area (Å²) in [5, 5.41) is 7.79. The lowest BCUT2D eigenvalue weighted by atomic mass is 9.79. The van der Waals surface area contributed by atoms with Crippen LogP contribution in [0, 0.1) is 11.8 Å². The minimum Gasteiger partial charge on any atom is -0.394 e. The maximum Gasteiger partial charge on any atom is 0.171 e. The van der Waals surface area contributed by atoms with Crippen LogP contribution < -0.4 is 11.1 Å². The second kappa shape index (κ2) is 4.36. The number of nitrogens with one attached hydrogen (secondary N) is 1. The van der Waals surface area contributed by atoms with Gasteiger partial charge in [-0.3, -0.25) is 4.68 Å². The van der Waals surface area contributed by atoms with E-state index in [1.807, 2.05) is 13.2 Å². The molecule has 0 amide bonds. The minimum absolute atomic E-state index is 0.531. The van der Waals surface area contributed by atoms with Gasteiger partial charge in [-0.05, 0) is 31.1 Å². The molecule has 0 aliphatic heterocycles. The average Bonchev–Trinajstić information content (AvgIpc) is 2.51. The summed E-state index contributed by atoms with van der Waals surface area (Å²) in [6.07, 6.45) is 5.58. The van der Waals surface area contributed by atoms with Crippen LogP contribution in [0.2, 0.25) is 0 Å². The van der Waals surface area contributed by atoms with Crippen LogP contribution in [0.15, 0.2) is 6.20 Å². The predicted molar refractivity (Wildman–Crippen MR) is 67.2 cm³/mol. The number of hydrogen-bond acceptors (Lipinski definition) is 3. The highest BCUT2D eigenvalue weighted by molar-refractivity contribution is 5.60. The van der Waals surface area contributed by atoms with Crippen molar-refractivity contribution in [3.8, 4) is 0 Å². The fourth-order valence-electron chi connectivity index (χ4n) is 2.49. The van der Waals surface area contributed by atoms with E-state index in [4.69, 9.17) is 5.73 Å². The van der Waals surface area contributed by atoms with Gasteiger partial charge in [0.05, 0.1) is 5.69 Å². The summed E-state index contributed by atoms with van der Waals surface area (Å²) < 4.78 is 1.76. The molecular weight excluding hydrogens is 200 g/mol. The topological polar surface area (TPSA) is 55.9 Å². The molecule has 1 fully saturated rings. The number of nitrogen functional groups attached to an aromatic ring is 1. The predicted octanol–water partition coefficient (Wildman–Crippen LogP) is 2.24. The summed E-state index contributed by atoms with van der Waals surface area (Å²) in [6, 6.07) is 0.531. The van der Waals surface area contributed by atoms with E-state index in [9.17, 15) is 0 Å². The molecular formula is C12H22N4. The standard InChI is InChI=1S/C12H22N4/c1-8-4-5-10(6-9(8)2)14-12-11(13)7-16(3)15-12/h7-10H,4-6,13H2,1-3H3,(H,14,15). The van der Waals surface area contributed by atoms with Gasteiger partial charge in [-0.2, -0.15) is 5.10 Å². The molecule has 90 valence electrons. The summed E-state index contributed by atoms with van der Waals surface area (Å²) >= 11 is 0. The normalized spacial score (nSPS) is 30.3. The second-order valence-corrected chi connectivity index (χ2v) is 5.22. The molecule has 1 aromatic rings. The molecule has 4 heteroatoms. The number of nitrogens with zero attached hydrogens (tertiary/aromatic N) is 2. The number of anilines is 2. The van der Waals surface area contributed by atoms with E-state index in [2.05, 4.69) is 24.3 Å². The van der Waals surface area contributed by atoms with Gasteiger partial charge in [-0.25, -0.2) is 0 Å². The zero-order chi connectivity index (χ0) is 11.7. The Kier molecular flexibility index (Phi) is 3.08. The van der Waals surface area contributed by atoms with Crippen molar-refractivity contribution < 1.29 is 0 Å². The third-order valence-corrected chi connectivity index (χ3v) is 3.80. The highest BCUT2D eigenvalue weighted by Crippen LogP contribution is 2.31. The SMILES string of the molecule is CC1CCC(Nc2nn(C)cc2N)CC1C. The van der Waals surface area contributed by atoms with Crippen LogP contribution in [0.4, 0.5) is 11.5 Å². The lowest BCUT2D eigenvalue weighted by molar-refractivity contribution is 0.260. The number of hydrogen-bond donors (Lipinski definition) is 2. The van der Waals surface area contributed by atoms with Crippen molar-refractivity contribution in [2.24, 2.45) is 18.9 Å². The quantitative estimate of drug-likeness (QED) is 0.807. The first kappa shape index (κ1) is 11.3. The lowest BCUT2D eigenvalue weighted by Crippen LogP contribution is -2.30. The second-order valence-electron chi connectivity index (χ2n) is 5.22. The van der Waals surface area contributed by atoms with Crippen molar-refractivity contribution in [3.05, 3.63) is 6.20 Å². The first-order valence-electron chi connectivity index (χ1n) is 6.12. The zero-order valence-electron chi connectivity index (χ0n) is 10.4. The van der Waals surface area contributed by atoms with Crippen LogP contribution in [0.5, 0.6) is 0 Å². The molecule has 2 rings (SSSR count). The van der Waals surface area contributed by atoms with E-state index in [-0.39, 0.29) is 0 Å². The van der Waals surface area contributed by atoms with E-state index >= 15 is 0 Å². The van der Waals surface area contributed by atoms with Crippen LogP contribution in [0.3, 0.4) is 0 Å². The van der Waals surface area contributed by atoms with Gasteiger partial charge in [0, 0.05) is 19.3 Å². The molecule has 0 spiro atoms. The summed E-state index contributed by atoms with van der Waals surface area (Å²) in [5.41, 5.74) is 6.62. The van der Waals surface area contributed by atoms with E-state index in [1.165, 1.54) is 19.3 Å². The molecule has 4 nitrogen and oxygen atoms in total. The molecule has 1 aliphatic rings. The first-order valence-corrected chi connectivity index (χ1v) is 6.12. The Morgan fingerprint density at radius 1 is 1.38 bits per heavy atom. The fourth-order valence-corrected chi connectivity index (χ4v) is 2.49. The molecule has 0 saturated heterocycles. The lowest BCUT2D eigenvalue weighted by Gasteiger charge is -2.32. The molecule has 3 unspecified atom stereocenters. The third kappa shape index (κ3) is 2.31. The molecule has 0 bridgehead atoms. The van der Waals surface area contributed by atoms with Gasteiger partial charge in [0.25, 0.3) is 0 Å². The van der Waals surface area contributed by atoms with Gasteiger partial charge in [-0.15, -0.1) is 0 Å². The highest BCUT2D eigenvalue weighted by Gasteiger charge is 2.25. The Balaban J connectivity index is 1.98. The first-order chi connectivity index (χ1) is 7.56. The monoisotopic (exact) mass is 222 g/mol. The maximum absolute atomic E-state index is 5.87. The Bertz CT molecular complexity index is 358. The number of nitrogens with two attached hydrogens (primary N) is 1. The van der Waals surface area contributed by atoms with Crippen molar-refractivity contribution in [1.82, 2.24) is 9.78 Å². The number of aryl methyl sites for hydroxylation is 1. The minimum atomic E-state index is 0.531. The zero-order valence-corrected chi connectivity index (χ0v) is 10.4. The molecule has 1 heterocycles. The van der Waals surface area contributed by atoms with Crippen LogP contribution in [0.25, 0.3) is 0 Å². The summed E-state index contributed by atoms with van der Waals surface area (Å²) in [4.78, 5) is 0. The van der Waals surface area contributed by atoms with Crippen LogP contribution in [-0.4, -0.2) is 15.8 Å². The van der Waals surface area contributed by atoms with Crippen LogP contribution in [-0.2, 0) is 7.05 Å². The molecule has 0 aromatic carbocycles. The largest absolute Gasteiger partial charge is 0.394 e. The number of rotatable bonds is 2. The van der Waals surface area contributed by atoms with Crippen molar-refractivity contribution >= 4 is 11.5 Å². The van der Waals surface area contributed by atoms with E-state index in [0.29, 0.717) is 6.04 Å². The van der Waals surface area contributed by atoms with Gasteiger partial charge in [0.2, 0.25) is 0 Å².